The molecular weight excluding hydrogens is 594 g/mol. The third kappa shape index (κ3) is 6.29. The van der Waals surface area contributed by atoms with Crippen molar-refractivity contribution in [2.75, 3.05) is 27.9 Å². The highest BCUT2D eigenvalue weighted by Crippen LogP contribution is 2.43. The normalized spacial score (nSPS) is 19.6. The van der Waals surface area contributed by atoms with E-state index in [9.17, 15) is 9.90 Å². The number of methoxy groups -OCH3 is 3. The maximum atomic E-state index is 12.5. The van der Waals surface area contributed by atoms with Crippen LogP contribution in [-0.4, -0.2) is 60.5 Å². The van der Waals surface area contributed by atoms with Crippen LogP contribution < -0.4 is 15.0 Å². The van der Waals surface area contributed by atoms with Crippen LogP contribution in [0.15, 0.2) is 95.9 Å². The molecule has 0 spiro atoms. The summed E-state index contributed by atoms with van der Waals surface area (Å²) in [5.74, 6) is 1.40. The molecule has 4 aromatic rings. The van der Waals surface area contributed by atoms with E-state index in [1.54, 1.807) is 18.8 Å². The number of nitriles is 1. The van der Waals surface area contributed by atoms with Gasteiger partial charge in [-0.15, -0.1) is 0 Å². The number of nitrogens with zero attached hydrogens (tertiary/aromatic N) is 3. The van der Waals surface area contributed by atoms with E-state index in [1.807, 2.05) is 84.9 Å². The van der Waals surface area contributed by atoms with Crippen LogP contribution in [0.4, 0.5) is 0 Å². The molecule has 1 fully saturated rings. The fourth-order valence-electron chi connectivity index (χ4n) is 5.71. The van der Waals surface area contributed by atoms with Crippen molar-refractivity contribution in [3.05, 3.63) is 123 Å². The van der Waals surface area contributed by atoms with Gasteiger partial charge in [-0.05, 0) is 53.2 Å². The number of aromatic nitrogens is 2. The summed E-state index contributed by atoms with van der Waals surface area (Å²) in [6.07, 6.45) is -1.97. The first-order valence-corrected chi connectivity index (χ1v) is 14.8. The molecule has 0 amide bonds. The predicted molar refractivity (Wildman–Crippen MR) is 169 cm³/mol. The summed E-state index contributed by atoms with van der Waals surface area (Å²) in [6, 6.07) is 28.5. The second-order valence-corrected chi connectivity index (χ2v) is 10.8. The predicted octanol–water partition coefficient (Wildman–Crippen LogP) is 4.59. The first kappa shape index (κ1) is 32.1. The van der Waals surface area contributed by atoms with Crippen molar-refractivity contribution < 1.29 is 28.8 Å². The lowest BCUT2D eigenvalue weighted by molar-refractivity contribution is -0.0965. The van der Waals surface area contributed by atoms with Gasteiger partial charge in [-0.3, -0.25) is 13.9 Å². The number of aliphatic hydroxyl groups excluding tert-OH is 1. The van der Waals surface area contributed by atoms with Crippen LogP contribution in [-0.2, 0) is 26.4 Å². The van der Waals surface area contributed by atoms with Gasteiger partial charge in [0.2, 0.25) is 0 Å². The van der Waals surface area contributed by atoms with Gasteiger partial charge < -0.3 is 28.8 Å². The highest BCUT2D eigenvalue weighted by Gasteiger charge is 2.47. The van der Waals surface area contributed by atoms with E-state index >= 15 is 0 Å². The quantitative estimate of drug-likeness (QED) is 0.177. The Hall–Kier alpha value is -4.31. The summed E-state index contributed by atoms with van der Waals surface area (Å²) in [4.78, 5) is 12.5. The van der Waals surface area contributed by atoms with Crippen LogP contribution in [0.1, 0.15) is 29.3 Å². The molecule has 2 heterocycles. The topological polar surface area (TPSA) is 117 Å². The Morgan fingerprint density at radius 1 is 0.911 bits per heavy atom. The zero-order valence-electron chi connectivity index (χ0n) is 25.2. The van der Waals surface area contributed by atoms with Gasteiger partial charge in [0.05, 0.1) is 33.3 Å². The highest BCUT2D eigenvalue weighted by molar-refractivity contribution is 7.71. The summed E-state index contributed by atoms with van der Waals surface area (Å²) < 4.78 is 33.0. The molecule has 11 heteroatoms. The number of hydrogen-bond donors (Lipinski definition) is 1. The largest absolute Gasteiger partial charge is 0.497 e. The maximum Gasteiger partial charge on any atom is 0.254 e. The van der Waals surface area contributed by atoms with E-state index in [-0.39, 0.29) is 29.9 Å². The zero-order chi connectivity index (χ0) is 32.0. The summed E-state index contributed by atoms with van der Waals surface area (Å²) in [5, 5.41) is 20.5. The van der Waals surface area contributed by atoms with E-state index in [4.69, 9.17) is 41.2 Å². The number of aliphatic hydroxyl groups is 1. The molecule has 1 aliphatic rings. The maximum absolute atomic E-state index is 12.5. The molecule has 0 saturated carbocycles. The molecule has 3 aromatic carbocycles. The molecule has 45 heavy (non-hydrogen) atoms. The Bertz CT molecular complexity index is 1690. The fourth-order valence-corrected chi connectivity index (χ4v) is 6.06. The lowest BCUT2D eigenvalue weighted by Crippen LogP contribution is -2.40. The van der Waals surface area contributed by atoms with Gasteiger partial charge in [0.25, 0.3) is 5.56 Å². The molecule has 234 valence electrons. The minimum atomic E-state index is -1.12. The molecule has 1 saturated heterocycles. The first-order valence-electron chi connectivity index (χ1n) is 14.4. The van der Waals surface area contributed by atoms with Gasteiger partial charge in [0, 0.05) is 25.9 Å². The van der Waals surface area contributed by atoms with Crippen LogP contribution in [0.25, 0.3) is 0 Å². The van der Waals surface area contributed by atoms with E-state index in [0.29, 0.717) is 11.5 Å². The summed E-state index contributed by atoms with van der Waals surface area (Å²) in [7, 11) is 4.71. The third-order valence-electron chi connectivity index (χ3n) is 8.04. The highest BCUT2D eigenvalue weighted by atomic mass is 32.1. The Labute approximate surface area is 266 Å². The van der Waals surface area contributed by atoms with Crippen molar-refractivity contribution in [2.24, 2.45) is 0 Å². The van der Waals surface area contributed by atoms with E-state index in [2.05, 4.69) is 0 Å². The Morgan fingerprint density at radius 3 is 2.02 bits per heavy atom. The second-order valence-electron chi connectivity index (χ2n) is 10.5. The molecule has 1 aliphatic heterocycles. The molecule has 0 aliphatic carbocycles. The van der Waals surface area contributed by atoms with Crippen LogP contribution in [0.3, 0.4) is 0 Å². The molecule has 0 unspecified atom stereocenters. The van der Waals surface area contributed by atoms with Gasteiger partial charge >= 0.3 is 0 Å². The van der Waals surface area contributed by atoms with E-state index in [1.165, 1.54) is 23.9 Å². The number of rotatable bonds is 12. The van der Waals surface area contributed by atoms with Crippen molar-refractivity contribution in [1.29, 1.82) is 5.26 Å². The average molecular weight is 630 g/mol. The molecule has 1 N–H and O–H groups in total. The Morgan fingerprint density at radius 2 is 1.49 bits per heavy atom. The second kappa shape index (κ2) is 14.2. The van der Waals surface area contributed by atoms with Crippen molar-refractivity contribution in [3.8, 4) is 17.6 Å². The minimum absolute atomic E-state index is 0.0358. The summed E-state index contributed by atoms with van der Waals surface area (Å²) in [5.41, 5.74) is 1.08. The SMILES string of the molecule is COc1ccc(C(OC[C@H]2O[C@@H](n3ccc(=O)n(CCC#N)c3=S)[C@H](OC)[C@@H]2O)(c2ccccc2)c2ccc(OC)cc2)cc1. The number of ether oxygens (including phenoxy) is 5. The van der Waals surface area contributed by atoms with Crippen molar-refractivity contribution >= 4 is 12.2 Å². The molecule has 1 aromatic heterocycles. The lowest BCUT2D eigenvalue weighted by atomic mass is 9.80. The minimum Gasteiger partial charge on any atom is -0.497 e. The monoisotopic (exact) mass is 629 g/mol. The van der Waals surface area contributed by atoms with Gasteiger partial charge in [0.15, 0.2) is 11.0 Å². The van der Waals surface area contributed by atoms with Crippen LogP contribution in [0.5, 0.6) is 11.5 Å². The van der Waals surface area contributed by atoms with Gasteiger partial charge in [-0.25, -0.2) is 0 Å². The standard InChI is InChI=1S/C34H35N3O7S/c1-40-26-14-10-24(11-15-26)34(23-8-5-4-6-9-23,25-12-16-27(41-2)17-13-25)43-22-28-30(39)31(42-3)32(44-28)37-21-18-29(38)36(33(37)45)20-7-19-35/h4-6,8-18,21,28,30-32,39H,7,20,22H2,1-3H3/t28-,30-,31-,32-/m1/s1. The van der Waals surface area contributed by atoms with Crippen LogP contribution in [0.2, 0.25) is 0 Å². The summed E-state index contributed by atoms with van der Waals surface area (Å²) >= 11 is 5.61. The first-order chi connectivity index (χ1) is 21.9. The molecule has 0 radical (unpaired) electrons. The van der Waals surface area contributed by atoms with Crippen molar-refractivity contribution in [2.45, 2.75) is 43.1 Å². The smallest absolute Gasteiger partial charge is 0.254 e. The Balaban J connectivity index is 1.55. The summed E-state index contributed by atoms with van der Waals surface area (Å²) in [6.45, 7) is 0.101. The van der Waals surface area contributed by atoms with Crippen LogP contribution >= 0.6 is 12.2 Å². The van der Waals surface area contributed by atoms with Crippen molar-refractivity contribution in [3.63, 3.8) is 0 Å². The molecule has 0 bridgehead atoms. The molecular formula is C34H35N3O7S. The van der Waals surface area contributed by atoms with E-state index in [0.717, 1.165) is 16.7 Å². The van der Waals surface area contributed by atoms with Gasteiger partial charge in [-0.2, -0.15) is 5.26 Å². The zero-order valence-corrected chi connectivity index (χ0v) is 26.1. The van der Waals surface area contributed by atoms with Gasteiger partial charge in [-0.1, -0.05) is 54.6 Å². The fraction of sp³-hybridized carbons (Fsp3) is 0.324. The molecule has 10 nitrogen and oxygen atoms in total. The van der Waals surface area contributed by atoms with Gasteiger partial charge in [0.1, 0.15) is 35.4 Å². The molecule has 4 atom stereocenters. The van der Waals surface area contributed by atoms with E-state index < -0.39 is 30.1 Å². The van der Waals surface area contributed by atoms with Crippen molar-refractivity contribution in [1.82, 2.24) is 9.13 Å². The molecule has 5 rings (SSSR count). The Kier molecular flexibility index (Phi) is 10.1. The van der Waals surface area contributed by atoms with Crippen LogP contribution in [0, 0.1) is 16.1 Å². The lowest BCUT2D eigenvalue weighted by Gasteiger charge is -2.37. The number of benzene rings is 3. The average Bonchev–Trinajstić information content (AvgIpc) is 3.40. The third-order valence-corrected chi connectivity index (χ3v) is 8.47. The number of hydrogen-bond acceptors (Lipinski definition) is 9.